The van der Waals surface area contributed by atoms with Gasteiger partial charge in [-0.25, -0.2) is 14.3 Å². The highest BCUT2D eigenvalue weighted by Crippen LogP contribution is 2.27. The van der Waals surface area contributed by atoms with Crippen LogP contribution < -0.4 is 16.3 Å². The van der Waals surface area contributed by atoms with Gasteiger partial charge in [-0.3, -0.25) is 4.57 Å². The number of benzene rings is 2. The van der Waals surface area contributed by atoms with Crippen LogP contribution in [0, 0.1) is 0 Å². The van der Waals surface area contributed by atoms with Crippen LogP contribution in [-0.4, -0.2) is 33.5 Å². The second-order valence-electron chi connectivity index (χ2n) is 8.23. The Morgan fingerprint density at radius 3 is 2.25 bits per heavy atom. The molecule has 0 saturated carbocycles. The van der Waals surface area contributed by atoms with Crippen molar-refractivity contribution in [1.82, 2.24) is 25.0 Å². The van der Waals surface area contributed by atoms with Gasteiger partial charge in [0.05, 0.1) is 0 Å². The highest BCUT2D eigenvalue weighted by atomic mass is 16.2. The van der Waals surface area contributed by atoms with Crippen molar-refractivity contribution in [2.24, 2.45) is 0 Å². The third kappa shape index (κ3) is 5.46. The summed E-state index contributed by atoms with van der Waals surface area (Å²) in [6, 6.07) is 20.6. The van der Waals surface area contributed by atoms with Crippen molar-refractivity contribution in [2.75, 3.05) is 13.1 Å². The minimum atomic E-state index is -0.179. The molecule has 2 aromatic carbocycles. The number of urea groups is 1. The Morgan fingerprint density at radius 2 is 1.59 bits per heavy atom. The van der Waals surface area contributed by atoms with Crippen molar-refractivity contribution >= 4 is 6.03 Å². The lowest BCUT2D eigenvalue weighted by Gasteiger charge is -2.18. The molecule has 0 atom stereocenters. The van der Waals surface area contributed by atoms with E-state index in [1.54, 1.807) is 4.57 Å². The second kappa shape index (κ2) is 10.8. The van der Waals surface area contributed by atoms with Gasteiger partial charge in [0.15, 0.2) is 0 Å². The van der Waals surface area contributed by atoms with Crippen molar-refractivity contribution in [1.29, 1.82) is 0 Å². The Bertz CT molecular complexity index is 1020. The molecule has 4 rings (SSSR count). The Morgan fingerprint density at radius 1 is 0.938 bits per heavy atom. The van der Waals surface area contributed by atoms with Gasteiger partial charge in [0.1, 0.15) is 5.82 Å². The van der Waals surface area contributed by atoms with E-state index < -0.39 is 0 Å². The molecule has 32 heavy (non-hydrogen) atoms. The number of nitrogens with one attached hydrogen (secondary N) is 2. The molecule has 0 unspecified atom stereocenters. The molecule has 3 aromatic rings. The number of hydrogen-bond acceptors (Lipinski definition) is 3. The number of aromatic nitrogens is 3. The van der Waals surface area contributed by atoms with Crippen LogP contribution in [-0.2, 0) is 19.5 Å². The third-order valence-corrected chi connectivity index (χ3v) is 5.99. The van der Waals surface area contributed by atoms with E-state index in [1.165, 1.54) is 15.8 Å². The molecule has 0 bridgehead atoms. The van der Waals surface area contributed by atoms with Gasteiger partial charge in [-0.2, -0.15) is 5.10 Å². The van der Waals surface area contributed by atoms with E-state index in [0.29, 0.717) is 26.1 Å². The standard InChI is InChI=1S/C25H31N5O2/c31-24(26-16-9-19-30-25(32)29-18-8-7-14-23(29)28-30)27-17-15-22(20-10-3-1-4-11-20)21-12-5-2-6-13-21/h1-6,10-13,22H,7-9,14-19H2,(H2,26,27,31). The predicted octanol–water partition coefficient (Wildman–Crippen LogP) is 3.29. The van der Waals surface area contributed by atoms with Crippen LogP contribution in [0.15, 0.2) is 65.5 Å². The fourth-order valence-electron chi connectivity index (χ4n) is 4.31. The molecule has 0 saturated heterocycles. The van der Waals surface area contributed by atoms with Crippen LogP contribution in [0.1, 0.15) is 48.6 Å². The highest BCUT2D eigenvalue weighted by Gasteiger charge is 2.16. The van der Waals surface area contributed by atoms with E-state index in [2.05, 4.69) is 40.0 Å². The number of nitrogens with zero attached hydrogens (tertiary/aromatic N) is 3. The van der Waals surface area contributed by atoms with Crippen molar-refractivity contribution in [3.05, 3.63) is 88.1 Å². The fourth-order valence-corrected chi connectivity index (χ4v) is 4.31. The lowest BCUT2D eigenvalue weighted by molar-refractivity contribution is 0.240. The zero-order valence-corrected chi connectivity index (χ0v) is 18.4. The quantitative estimate of drug-likeness (QED) is 0.508. The van der Waals surface area contributed by atoms with Crippen molar-refractivity contribution in [2.45, 2.75) is 51.1 Å². The molecule has 2 heterocycles. The number of hydrogen-bond donors (Lipinski definition) is 2. The molecule has 168 valence electrons. The van der Waals surface area contributed by atoms with Gasteiger partial charge in [-0.05, 0) is 36.8 Å². The highest BCUT2D eigenvalue weighted by molar-refractivity contribution is 5.73. The summed E-state index contributed by atoms with van der Waals surface area (Å²) in [4.78, 5) is 24.6. The molecule has 7 heteroatoms. The molecule has 0 aliphatic carbocycles. The first-order chi connectivity index (χ1) is 15.7. The summed E-state index contributed by atoms with van der Waals surface area (Å²) in [7, 11) is 0. The first-order valence-corrected chi connectivity index (χ1v) is 11.5. The summed E-state index contributed by atoms with van der Waals surface area (Å²) in [5.74, 6) is 1.12. The van der Waals surface area contributed by atoms with E-state index >= 15 is 0 Å². The van der Waals surface area contributed by atoms with E-state index in [0.717, 1.165) is 38.1 Å². The fraction of sp³-hybridized carbons (Fsp3) is 0.400. The van der Waals surface area contributed by atoms with Gasteiger partial charge in [-0.15, -0.1) is 0 Å². The summed E-state index contributed by atoms with van der Waals surface area (Å²) < 4.78 is 3.31. The molecule has 2 amide bonds. The van der Waals surface area contributed by atoms with Gasteiger partial charge < -0.3 is 10.6 Å². The maximum absolute atomic E-state index is 12.3. The number of aryl methyl sites for hydroxylation is 2. The Balaban J connectivity index is 1.21. The lowest BCUT2D eigenvalue weighted by Crippen LogP contribution is -2.37. The molecule has 0 radical (unpaired) electrons. The summed E-state index contributed by atoms with van der Waals surface area (Å²) in [6.45, 7) is 2.36. The zero-order chi connectivity index (χ0) is 22.2. The number of rotatable bonds is 9. The van der Waals surface area contributed by atoms with Crippen LogP contribution in [0.4, 0.5) is 4.79 Å². The Kier molecular flexibility index (Phi) is 7.38. The molecule has 1 aromatic heterocycles. The predicted molar refractivity (Wildman–Crippen MR) is 125 cm³/mol. The van der Waals surface area contributed by atoms with Crippen molar-refractivity contribution in [3.8, 4) is 0 Å². The summed E-state index contributed by atoms with van der Waals surface area (Å²) >= 11 is 0. The molecule has 2 N–H and O–H groups in total. The number of carbonyl (C=O) groups is 1. The first kappa shape index (κ1) is 21.9. The molecular weight excluding hydrogens is 402 g/mol. The van der Waals surface area contributed by atoms with Gasteiger partial charge in [-0.1, -0.05) is 60.7 Å². The molecule has 1 aliphatic heterocycles. The average Bonchev–Trinajstić information content (AvgIpc) is 3.16. The second-order valence-corrected chi connectivity index (χ2v) is 8.23. The first-order valence-electron chi connectivity index (χ1n) is 11.5. The van der Waals surface area contributed by atoms with E-state index in [1.807, 2.05) is 36.4 Å². The molecule has 0 spiro atoms. The van der Waals surface area contributed by atoms with Crippen LogP contribution in [0.3, 0.4) is 0 Å². The minimum absolute atomic E-state index is 0.0305. The SMILES string of the molecule is O=C(NCCCn1nc2n(c1=O)CCCC2)NCCC(c1ccccc1)c1ccccc1. The van der Waals surface area contributed by atoms with Gasteiger partial charge >= 0.3 is 11.7 Å². The van der Waals surface area contributed by atoms with Crippen LogP contribution in [0.25, 0.3) is 0 Å². The molecular formula is C25H31N5O2. The maximum Gasteiger partial charge on any atom is 0.345 e. The summed E-state index contributed by atoms with van der Waals surface area (Å²) in [5, 5.41) is 10.3. The van der Waals surface area contributed by atoms with Crippen LogP contribution in [0.5, 0.6) is 0 Å². The van der Waals surface area contributed by atoms with Gasteiger partial charge in [0.2, 0.25) is 0 Å². The lowest BCUT2D eigenvalue weighted by atomic mass is 9.88. The molecule has 1 aliphatic rings. The normalized spacial score (nSPS) is 13.0. The number of carbonyl (C=O) groups excluding carboxylic acids is 1. The number of amides is 2. The average molecular weight is 434 g/mol. The minimum Gasteiger partial charge on any atom is -0.338 e. The summed E-state index contributed by atoms with van der Waals surface area (Å²) in [5.41, 5.74) is 2.46. The zero-order valence-electron chi connectivity index (χ0n) is 18.4. The van der Waals surface area contributed by atoms with Crippen molar-refractivity contribution in [3.63, 3.8) is 0 Å². The number of fused-ring (bicyclic) bond motifs is 1. The van der Waals surface area contributed by atoms with E-state index in [-0.39, 0.29) is 17.6 Å². The molecule has 0 fully saturated rings. The largest absolute Gasteiger partial charge is 0.345 e. The monoisotopic (exact) mass is 433 g/mol. The maximum atomic E-state index is 12.3. The van der Waals surface area contributed by atoms with Crippen LogP contribution in [0.2, 0.25) is 0 Å². The van der Waals surface area contributed by atoms with E-state index in [9.17, 15) is 9.59 Å². The Labute approximate surface area is 188 Å². The summed E-state index contributed by atoms with van der Waals surface area (Å²) in [6.07, 6.45) is 4.48. The van der Waals surface area contributed by atoms with E-state index in [4.69, 9.17) is 0 Å². The Hall–Kier alpha value is -3.35. The van der Waals surface area contributed by atoms with Crippen LogP contribution >= 0.6 is 0 Å². The smallest absolute Gasteiger partial charge is 0.338 e. The van der Waals surface area contributed by atoms with Gasteiger partial charge in [0, 0.05) is 38.5 Å². The topological polar surface area (TPSA) is 81.0 Å². The third-order valence-electron chi connectivity index (χ3n) is 5.99. The molecule has 7 nitrogen and oxygen atoms in total. The van der Waals surface area contributed by atoms with Crippen molar-refractivity contribution < 1.29 is 4.79 Å². The van der Waals surface area contributed by atoms with Gasteiger partial charge in [0.25, 0.3) is 0 Å².